The Morgan fingerprint density at radius 2 is 2.21 bits per heavy atom. The monoisotopic (exact) mass is 355 g/mol. The number of nitrogens with one attached hydrogen (secondary N) is 2. The van der Waals surface area contributed by atoms with Gasteiger partial charge in [-0.3, -0.25) is 0 Å². The molecule has 1 aliphatic rings. The Hall–Kier alpha value is -2.17. The maximum atomic E-state index is 12.4. The summed E-state index contributed by atoms with van der Waals surface area (Å²) >= 11 is 0. The van der Waals surface area contributed by atoms with Gasteiger partial charge in [-0.2, -0.15) is 22.0 Å². The van der Waals surface area contributed by atoms with Crippen molar-refractivity contribution in [2.24, 2.45) is 0 Å². The smallest absolute Gasteiger partial charge is 0.414 e. The van der Waals surface area contributed by atoms with Crippen molar-refractivity contribution in [2.45, 2.75) is 37.9 Å². The van der Waals surface area contributed by atoms with E-state index in [1.165, 1.54) is 18.3 Å². The van der Waals surface area contributed by atoms with Crippen molar-refractivity contribution in [1.29, 1.82) is 0 Å². The largest absolute Gasteiger partial charge is 0.417 e. The molecule has 6 nitrogen and oxygen atoms in total. The van der Waals surface area contributed by atoms with Gasteiger partial charge < -0.3 is 20.1 Å². The Kier molecular flexibility index (Phi) is 5.75. The van der Waals surface area contributed by atoms with Gasteiger partial charge in [0.15, 0.2) is 6.10 Å². The van der Waals surface area contributed by atoms with Crippen LogP contribution in [0.2, 0.25) is 0 Å². The number of carbonyl (C=O) groups excluding carboxylic acids is 1. The van der Waals surface area contributed by atoms with E-state index in [0.717, 1.165) is 0 Å². The second-order valence-corrected chi connectivity index (χ2v) is 5.00. The van der Waals surface area contributed by atoms with Crippen LogP contribution in [0.15, 0.2) is 18.3 Å². The molecule has 0 radical (unpaired) electrons. The molecule has 24 heavy (non-hydrogen) atoms. The first-order chi connectivity index (χ1) is 11.2. The number of pyridine rings is 1. The fourth-order valence-corrected chi connectivity index (χ4v) is 2.09. The number of alkyl halides is 5. The molecule has 1 fully saturated rings. The normalized spacial score (nSPS) is 20.9. The van der Waals surface area contributed by atoms with Crippen LogP contribution < -0.4 is 15.4 Å². The maximum Gasteiger partial charge on any atom is 0.414 e. The third-order valence-corrected chi connectivity index (χ3v) is 3.16. The first-order valence-corrected chi connectivity index (χ1v) is 6.86. The third kappa shape index (κ3) is 5.48. The molecule has 2 heterocycles. The minimum Gasteiger partial charge on any atom is -0.417 e. The van der Waals surface area contributed by atoms with Crippen molar-refractivity contribution in [1.82, 2.24) is 15.6 Å². The SMILES string of the molecule is O=C(NCc1ccnc(OC(F)F)c1)NC1COC(C(F)(F)F)C1. The predicted molar refractivity (Wildman–Crippen MR) is 70.4 cm³/mol. The Morgan fingerprint density at radius 1 is 1.46 bits per heavy atom. The number of halogens is 5. The highest BCUT2D eigenvalue weighted by Gasteiger charge is 2.45. The molecule has 0 saturated carbocycles. The fraction of sp³-hybridized carbons (Fsp3) is 0.538. The number of amides is 2. The molecular formula is C13H14F5N3O3. The first kappa shape index (κ1) is 18.2. The minimum atomic E-state index is -4.47. The van der Waals surface area contributed by atoms with Crippen molar-refractivity contribution in [2.75, 3.05) is 6.61 Å². The highest BCUT2D eigenvalue weighted by molar-refractivity contribution is 5.74. The maximum absolute atomic E-state index is 12.4. The van der Waals surface area contributed by atoms with Crippen LogP contribution in [0.5, 0.6) is 5.88 Å². The molecule has 11 heteroatoms. The van der Waals surface area contributed by atoms with Gasteiger partial charge in [-0.25, -0.2) is 9.78 Å². The number of hydrogen-bond acceptors (Lipinski definition) is 4. The van der Waals surface area contributed by atoms with Crippen LogP contribution in [-0.4, -0.2) is 42.6 Å². The summed E-state index contributed by atoms with van der Waals surface area (Å²) < 4.78 is 70.2. The lowest BCUT2D eigenvalue weighted by Gasteiger charge is -2.14. The average Bonchev–Trinajstić information content (AvgIpc) is 2.93. The summed E-state index contributed by atoms with van der Waals surface area (Å²) in [5, 5.41) is 4.76. The molecule has 134 valence electrons. The zero-order valence-electron chi connectivity index (χ0n) is 12.1. The van der Waals surface area contributed by atoms with Crippen molar-refractivity contribution in [3.05, 3.63) is 23.9 Å². The second kappa shape index (κ2) is 7.60. The molecule has 1 aliphatic heterocycles. The van der Waals surface area contributed by atoms with E-state index in [2.05, 4.69) is 25.1 Å². The third-order valence-electron chi connectivity index (χ3n) is 3.16. The molecule has 2 unspecified atom stereocenters. The van der Waals surface area contributed by atoms with Gasteiger partial charge in [-0.15, -0.1) is 0 Å². The van der Waals surface area contributed by atoms with Gasteiger partial charge in [-0.05, 0) is 11.6 Å². The van der Waals surface area contributed by atoms with E-state index < -0.39 is 31.0 Å². The Morgan fingerprint density at radius 3 is 2.83 bits per heavy atom. The van der Waals surface area contributed by atoms with Gasteiger partial charge in [0.25, 0.3) is 0 Å². The first-order valence-electron chi connectivity index (χ1n) is 6.86. The van der Waals surface area contributed by atoms with Crippen molar-refractivity contribution < 1.29 is 36.2 Å². The Bertz CT molecular complexity index is 570. The molecule has 1 aromatic rings. The van der Waals surface area contributed by atoms with Crippen LogP contribution in [0.1, 0.15) is 12.0 Å². The van der Waals surface area contributed by atoms with Crippen LogP contribution in [0, 0.1) is 0 Å². The second-order valence-electron chi connectivity index (χ2n) is 5.00. The average molecular weight is 355 g/mol. The fourth-order valence-electron chi connectivity index (χ4n) is 2.09. The molecule has 1 saturated heterocycles. The number of carbonyl (C=O) groups is 1. The Balaban J connectivity index is 1.78. The summed E-state index contributed by atoms with van der Waals surface area (Å²) in [5.41, 5.74) is 0.437. The topological polar surface area (TPSA) is 72.5 Å². The van der Waals surface area contributed by atoms with E-state index in [1.54, 1.807) is 0 Å². The number of rotatable bonds is 5. The predicted octanol–water partition coefficient (Wildman–Crippen LogP) is 2.20. The standard InChI is InChI=1S/C13H14F5N3O3/c14-11(15)24-10-3-7(1-2-19-10)5-20-12(22)21-8-4-9(23-6-8)13(16,17)18/h1-3,8-9,11H,4-6H2,(H2,20,21,22). The van der Waals surface area contributed by atoms with E-state index in [0.29, 0.717) is 5.56 Å². The van der Waals surface area contributed by atoms with Gasteiger partial charge >= 0.3 is 18.8 Å². The molecule has 2 N–H and O–H groups in total. The van der Waals surface area contributed by atoms with E-state index in [4.69, 9.17) is 0 Å². The van der Waals surface area contributed by atoms with Crippen LogP contribution in [0.25, 0.3) is 0 Å². The van der Waals surface area contributed by atoms with Crippen LogP contribution in [0.4, 0.5) is 26.7 Å². The number of aromatic nitrogens is 1. The zero-order chi connectivity index (χ0) is 17.7. The Labute approximate surface area is 133 Å². The molecule has 0 bridgehead atoms. The molecule has 0 aliphatic carbocycles. The molecule has 2 rings (SSSR count). The minimum absolute atomic E-state index is 0.0375. The molecule has 0 spiro atoms. The molecule has 2 atom stereocenters. The lowest BCUT2D eigenvalue weighted by molar-refractivity contribution is -0.206. The number of nitrogens with zero attached hydrogens (tertiary/aromatic N) is 1. The van der Waals surface area contributed by atoms with Gasteiger partial charge in [0.05, 0.1) is 12.6 Å². The van der Waals surface area contributed by atoms with Crippen molar-refractivity contribution in [3.8, 4) is 5.88 Å². The van der Waals surface area contributed by atoms with Gasteiger partial charge in [0.2, 0.25) is 5.88 Å². The quantitative estimate of drug-likeness (QED) is 0.795. The highest BCUT2D eigenvalue weighted by Crippen LogP contribution is 2.30. The summed E-state index contributed by atoms with van der Waals surface area (Å²) in [7, 11) is 0. The zero-order valence-corrected chi connectivity index (χ0v) is 12.1. The summed E-state index contributed by atoms with van der Waals surface area (Å²) in [6.45, 7) is -3.29. The van der Waals surface area contributed by atoms with E-state index in [9.17, 15) is 26.7 Å². The van der Waals surface area contributed by atoms with Crippen LogP contribution in [-0.2, 0) is 11.3 Å². The van der Waals surface area contributed by atoms with Gasteiger partial charge in [-0.1, -0.05) is 0 Å². The van der Waals surface area contributed by atoms with E-state index in [-0.39, 0.29) is 25.5 Å². The number of ether oxygens (including phenoxy) is 2. The van der Waals surface area contributed by atoms with Crippen LogP contribution in [0.3, 0.4) is 0 Å². The summed E-state index contributed by atoms with van der Waals surface area (Å²) in [5.74, 6) is -0.304. The molecule has 2 amide bonds. The molecular weight excluding hydrogens is 341 g/mol. The number of urea groups is 1. The van der Waals surface area contributed by atoms with Gasteiger partial charge in [0.1, 0.15) is 0 Å². The van der Waals surface area contributed by atoms with Crippen molar-refractivity contribution in [3.63, 3.8) is 0 Å². The van der Waals surface area contributed by atoms with Crippen molar-refractivity contribution >= 4 is 6.03 Å². The summed E-state index contributed by atoms with van der Waals surface area (Å²) in [6, 6.07) is 1.23. The molecule has 0 aromatic carbocycles. The molecule has 1 aromatic heterocycles. The van der Waals surface area contributed by atoms with E-state index >= 15 is 0 Å². The highest BCUT2D eigenvalue weighted by atomic mass is 19.4. The summed E-state index contributed by atoms with van der Waals surface area (Å²) in [6.07, 6.45) is -5.49. The lowest BCUT2D eigenvalue weighted by Crippen LogP contribution is -2.42. The summed E-state index contributed by atoms with van der Waals surface area (Å²) in [4.78, 5) is 15.2. The van der Waals surface area contributed by atoms with Crippen LogP contribution >= 0.6 is 0 Å². The van der Waals surface area contributed by atoms with Gasteiger partial charge in [0, 0.05) is 25.2 Å². The lowest BCUT2D eigenvalue weighted by atomic mass is 10.2. The van der Waals surface area contributed by atoms with E-state index in [1.807, 2.05) is 0 Å². The number of hydrogen-bond donors (Lipinski definition) is 2.